The molecule has 0 spiro atoms. The second kappa shape index (κ2) is 16.7. The first-order chi connectivity index (χ1) is 18.5. The predicted molar refractivity (Wildman–Crippen MR) is 128 cm³/mol. The van der Waals surface area contributed by atoms with Gasteiger partial charge in [-0.2, -0.15) is 0 Å². The van der Waals surface area contributed by atoms with Crippen molar-refractivity contribution in [1.82, 2.24) is 0 Å². The van der Waals surface area contributed by atoms with Crippen LogP contribution in [0.15, 0.2) is 0 Å². The van der Waals surface area contributed by atoms with Crippen molar-refractivity contribution in [3.05, 3.63) is 0 Å². The van der Waals surface area contributed by atoms with Crippen molar-refractivity contribution in [2.45, 2.75) is 113 Å². The molecule has 15 heteroatoms. The molecule has 11 atom stereocenters. The summed E-state index contributed by atoms with van der Waals surface area (Å²) in [5.74, 6) is -1.03. The number of esters is 2. The van der Waals surface area contributed by atoms with E-state index in [1.807, 2.05) is 6.92 Å². The van der Waals surface area contributed by atoms with Crippen LogP contribution in [0.3, 0.4) is 0 Å². The summed E-state index contributed by atoms with van der Waals surface area (Å²) in [5, 5.41) is 70.2. The maximum absolute atomic E-state index is 12.0. The van der Waals surface area contributed by atoms with Gasteiger partial charge in [0.25, 0.3) is 0 Å². The third-order valence-corrected chi connectivity index (χ3v) is 6.31. The molecule has 2 rings (SSSR count). The quantitative estimate of drug-likeness (QED) is 0.0977. The van der Waals surface area contributed by atoms with Crippen LogP contribution in [0.1, 0.15) is 46.0 Å². The predicted octanol–water partition coefficient (Wildman–Crippen LogP) is -2.93. The molecule has 15 nitrogen and oxygen atoms in total. The van der Waals surface area contributed by atoms with Crippen LogP contribution in [-0.2, 0) is 38.0 Å². The fourth-order valence-corrected chi connectivity index (χ4v) is 3.93. The van der Waals surface area contributed by atoms with Crippen molar-refractivity contribution < 1.29 is 73.8 Å². The van der Waals surface area contributed by atoms with Gasteiger partial charge in [-0.3, -0.25) is 9.59 Å². The van der Waals surface area contributed by atoms with E-state index >= 15 is 0 Å². The molecule has 2 heterocycles. The average Bonchev–Trinajstić information content (AvgIpc) is 2.92. The van der Waals surface area contributed by atoms with Gasteiger partial charge >= 0.3 is 11.9 Å². The summed E-state index contributed by atoms with van der Waals surface area (Å²) in [6.07, 6.45) is -14.5. The fraction of sp³-hybridized carbons (Fsp3) is 0.917. The van der Waals surface area contributed by atoms with E-state index in [1.165, 1.54) is 0 Å². The third kappa shape index (κ3) is 9.82. The Balaban J connectivity index is 1.99. The summed E-state index contributed by atoms with van der Waals surface area (Å²) in [6, 6.07) is 0. The Morgan fingerprint density at radius 1 is 0.718 bits per heavy atom. The van der Waals surface area contributed by atoms with Crippen LogP contribution in [0, 0.1) is 0 Å². The van der Waals surface area contributed by atoms with Gasteiger partial charge in [-0.25, -0.2) is 0 Å². The molecule has 0 aromatic heterocycles. The van der Waals surface area contributed by atoms with Crippen molar-refractivity contribution in [3.8, 4) is 0 Å². The topological polar surface area (TPSA) is 231 Å². The summed E-state index contributed by atoms with van der Waals surface area (Å²) in [6.45, 7) is 1.79. The first kappa shape index (κ1) is 33.7. The number of unbranched alkanes of at least 4 members (excludes halogenated alkanes) is 1. The highest BCUT2D eigenvalue weighted by Crippen LogP contribution is 2.26. The van der Waals surface area contributed by atoms with Gasteiger partial charge < -0.3 is 64.2 Å². The zero-order chi connectivity index (χ0) is 29.1. The van der Waals surface area contributed by atoms with Crippen molar-refractivity contribution >= 4 is 11.9 Å². The van der Waals surface area contributed by atoms with Crippen LogP contribution < -0.4 is 0 Å². The van der Waals surface area contributed by atoms with Crippen molar-refractivity contribution in [2.24, 2.45) is 0 Å². The molecule has 2 aliphatic rings. The molecule has 39 heavy (non-hydrogen) atoms. The molecular formula is C24H42O15. The summed E-state index contributed by atoms with van der Waals surface area (Å²) >= 11 is 0. The number of carbonyl (C=O) groups is 2. The van der Waals surface area contributed by atoms with Crippen LogP contribution in [0.4, 0.5) is 0 Å². The maximum Gasteiger partial charge on any atom is 0.306 e. The van der Waals surface area contributed by atoms with E-state index in [0.29, 0.717) is 12.8 Å². The molecule has 0 bridgehead atoms. The van der Waals surface area contributed by atoms with E-state index in [4.69, 9.17) is 28.4 Å². The SMILES string of the molecule is CCCCC(=O)OC[C@H](CO[C@@H]1O[C@H](CO[C@H]2O[C@H](CO)[C@H](O)[C@H](O)[C@H]2O)[C@H](O)[C@H](O)[C@H]1O)OC(=O)CCC. The summed E-state index contributed by atoms with van der Waals surface area (Å²) in [4.78, 5) is 23.9. The molecule has 0 amide bonds. The minimum atomic E-state index is -1.75. The number of rotatable bonds is 15. The number of hydrogen-bond acceptors (Lipinski definition) is 15. The van der Waals surface area contributed by atoms with Crippen LogP contribution in [-0.4, -0.2) is 142 Å². The Hall–Kier alpha value is -1.50. The molecule has 0 aromatic carbocycles. The molecule has 2 saturated heterocycles. The largest absolute Gasteiger partial charge is 0.462 e. The number of hydrogen-bond donors (Lipinski definition) is 7. The molecule has 2 fully saturated rings. The third-order valence-electron chi connectivity index (χ3n) is 6.31. The standard InChI is InChI=1S/C24H42O15/c1-3-5-7-15(26)34-9-12(37-16(27)6-4-2)10-35-23-22(33)20(31)18(29)14(39-23)11-36-24-21(32)19(30)17(28)13(8-25)38-24/h12-14,17-25,28-33H,3-11H2,1-2H3/t12-,13-,14-,17+,18+,19+,20+,21-,22-,23-,24+/m1/s1. The minimum Gasteiger partial charge on any atom is -0.462 e. The lowest BCUT2D eigenvalue weighted by atomic mass is 9.98. The molecule has 228 valence electrons. The van der Waals surface area contributed by atoms with Gasteiger partial charge in [0.1, 0.15) is 55.4 Å². The highest BCUT2D eigenvalue weighted by Gasteiger charge is 2.47. The number of aliphatic hydroxyl groups is 7. The lowest BCUT2D eigenvalue weighted by molar-refractivity contribution is -0.332. The Labute approximate surface area is 226 Å². The van der Waals surface area contributed by atoms with Gasteiger partial charge in [-0.15, -0.1) is 0 Å². The van der Waals surface area contributed by atoms with Gasteiger partial charge in [0.05, 0.1) is 19.8 Å². The van der Waals surface area contributed by atoms with Crippen LogP contribution in [0.2, 0.25) is 0 Å². The Morgan fingerprint density at radius 3 is 1.90 bits per heavy atom. The van der Waals surface area contributed by atoms with E-state index in [9.17, 15) is 45.3 Å². The van der Waals surface area contributed by atoms with Gasteiger partial charge in [-0.05, 0) is 12.8 Å². The number of aliphatic hydroxyl groups excluding tert-OH is 7. The lowest BCUT2D eigenvalue weighted by Gasteiger charge is -2.42. The van der Waals surface area contributed by atoms with E-state index in [1.54, 1.807) is 6.92 Å². The lowest BCUT2D eigenvalue weighted by Crippen LogP contribution is -2.61. The molecule has 0 radical (unpaired) electrons. The molecule has 0 unspecified atom stereocenters. The number of ether oxygens (including phenoxy) is 6. The second-order valence-electron chi connectivity index (χ2n) is 9.53. The zero-order valence-corrected chi connectivity index (χ0v) is 22.1. The summed E-state index contributed by atoms with van der Waals surface area (Å²) in [7, 11) is 0. The fourth-order valence-electron chi connectivity index (χ4n) is 3.93. The highest BCUT2D eigenvalue weighted by molar-refractivity contribution is 5.70. The van der Waals surface area contributed by atoms with Gasteiger partial charge in [0.15, 0.2) is 18.7 Å². The van der Waals surface area contributed by atoms with Gasteiger partial charge in [-0.1, -0.05) is 20.3 Å². The normalized spacial score (nSPS) is 35.8. The van der Waals surface area contributed by atoms with E-state index in [0.717, 1.165) is 6.42 Å². The monoisotopic (exact) mass is 570 g/mol. The maximum atomic E-state index is 12.0. The van der Waals surface area contributed by atoms with Crippen LogP contribution in [0.25, 0.3) is 0 Å². The first-order valence-corrected chi connectivity index (χ1v) is 13.1. The average molecular weight is 571 g/mol. The van der Waals surface area contributed by atoms with Gasteiger partial charge in [0.2, 0.25) is 0 Å². The molecular weight excluding hydrogens is 528 g/mol. The molecule has 2 aliphatic heterocycles. The van der Waals surface area contributed by atoms with Crippen molar-refractivity contribution in [3.63, 3.8) is 0 Å². The highest BCUT2D eigenvalue weighted by atomic mass is 16.7. The van der Waals surface area contributed by atoms with E-state index in [2.05, 4.69) is 0 Å². The minimum absolute atomic E-state index is 0.116. The summed E-state index contributed by atoms with van der Waals surface area (Å²) in [5.41, 5.74) is 0. The van der Waals surface area contributed by atoms with Crippen molar-refractivity contribution in [1.29, 1.82) is 0 Å². The first-order valence-electron chi connectivity index (χ1n) is 13.1. The Bertz CT molecular complexity index is 736. The molecule has 0 saturated carbocycles. The molecule has 0 aliphatic carbocycles. The summed E-state index contributed by atoms with van der Waals surface area (Å²) < 4.78 is 32.1. The number of carbonyl (C=O) groups excluding carboxylic acids is 2. The second-order valence-corrected chi connectivity index (χ2v) is 9.53. The van der Waals surface area contributed by atoms with Crippen molar-refractivity contribution in [2.75, 3.05) is 26.4 Å². The smallest absolute Gasteiger partial charge is 0.306 e. The van der Waals surface area contributed by atoms with E-state index < -0.39 is 92.7 Å². The Morgan fingerprint density at radius 2 is 1.31 bits per heavy atom. The van der Waals surface area contributed by atoms with Gasteiger partial charge in [0, 0.05) is 12.8 Å². The van der Waals surface area contributed by atoms with Crippen LogP contribution >= 0.6 is 0 Å². The van der Waals surface area contributed by atoms with Crippen LogP contribution in [0.5, 0.6) is 0 Å². The zero-order valence-electron chi connectivity index (χ0n) is 22.1. The molecule has 7 N–H and O–H groups in total. The van der Waals surface area contributed by atoms with E-state index in [-0.39, 0.29) is 26.1 Å². The molecule has 0 aromatic rings. The Kier molecular flexibility index (Phi) is 14.4.